The summed E-state index contributed by atoms with van der Waals surface area (Å²) in [5.41, 5.74) is 6.03. The van der Waals surface area contributed by atoms with Crippen molar-refractivity contribution in [1.29, 1.82) is 0 Å². The molecule has 29 heavy (non-hydrogen) atoms. The van der Waals surface area contributed by atoms with Crippen molar-refractivity contribution >= 4 is 10.9 Å². The van der Waals surface area contributed by atoms with E-state index < -0.39 is 6.10 Å². The number of nitrogens with zero attached hydrogens (tertiary/aromatic N) is 2. The lowest BCUT2D eigenvalue weighted by Crippen LogP contribution is -2.28. The fourth-order valence-corrected chi connectivity index (χ4v) is 4.23. The molecule has 0 aliphatic carbocycles. The van der Waals surface area contributed by atoms with Crippen molar-refractivity contribution in [1.82, 2.24) is 9.47 Å². The van der Waals surface area contributed by atoms with Gasteiger partial charge in [-0.25, -0.2) is 0 Å². The topological polar surface area (TPSA) is 46.9 Å². The summed E-state index contributed by atoms with van der Waals surface area (Å²) in [5, 5.41) is 12.3. The molecule has 1 aliphatic rings. The highest BCUT2D eigenvalue weighted by Gasteiger charge is 2.24. The molecule has 156 valence electrons. The van der Waals surface area contributed by atoms with Crippen LogP contribution in [0.4, 0.5) is 0 Å². The van der Waals surface area contributed by atoms with Crippen LogP contribution in [0.25, 0.3) is 10.9 Å². The minimum absolute atomic E-state index is 0. The van der Waals surface area contributed by atoms with E-state index in [1.54, 1.807) is 14.2 Å². The van der Waals surface area contributed by atoms with Gasteiger partial charge in [-0.2, -0.15) is 0 Å². The van der Waals surface area contributed by atoms with Gasteiger partial charge in [0.25, 0.3) is 0 Å². The largest absolute Gasteiger partial charge is 0.493 e. The quantitative estimate of drug-likeness (QED) is 0.698. The number of aliphatic hydroxyl groups excluding tert-OH is 1. The maximum Gasteiger partial charge on any atom is 0.161 e. The highest BCUT2D eigenvalue weighted by molar-refractivity contribution is 5.86. The summed E-state index contributed by atoms with van der Waals surface area (Å²) in [5.74, 6) is 1.30. The number of aryl methyl sites for hydroxylation is 1. The third-order valence-electron chi connectivity index (χ3n) is 5.75. The lowest BCUT2D eigenvalue weighted by molar-refractivity contribution is 0.154. The molecule has 0 amide bonds. The molecule has 2 heterocycles. The normalized spacial score (nSPS) is 14.9. The maximum atomic E-state index is 11.0. The first-order chi connectivity index (χ1) is 13.5. The van der Waals surface area contributed by atoms with Gasteiger partial charge in [0, 0.05) is 29.7 Å². The number of rotatable bonds is 5. The molecule has 4 rings (SSSR count). The van der Waals surface area contributed by atoms with Crippen molar-refractivity contribution in [3.63, 3.8) is 0 Å². The Hall–Kier alpha value is -2.50. The zero-order chi connectivity index (χ0) is 19.8. The van der Waals surface area contributed by atoms with Crippen LogP contribution < -0.4 is 9.47 Å². The van der Waals surface area contributed by atoms with Crippen LogP contribution in [0.1, 0.15) is 35.9 Å². The average Bonchev–Trinajstić information content (AvgIpc) is 2.99. The number of aromatic nitrogens is 1. The third-order valence-corrected chi connectivity index (χ3v) is 5.75. The smallest absolute Gasteiger partial charge is 0.161 e. The van der Waals surface area contributed by atoms with Gasteiger partial charge in [0.05, 0.1) is 26.9 Å². The van der Waals surface area contributed by atoms with Crippen molar-refractivity contribution in [2.24, 2.45) is 0 Å². The van der Waals surface area contributed by atoms with Gasteiger partial charge in [0.15, 0.2) is 11.5 Å². The monoisotopic (exact) mass is 396 g/mol. The number of hydrogen-bond acceptors (Lipinski definition) is 4. The van der Waals surface area contributed by atoms with Gasteiger partial charge >= 0.3 is 0 Å². The summed E-state index contributed by atoms with van der Waals surface area (Å²) >= 11 is 0. The van der Waals surface area contributed by atoms with Crippen LogP contribution in [0.5, 0.6) is 11.5 Å². The highest BCUT2D eigenvalue weighted by atomic mass is 16.5. The Morgan fingerprint density at radius 2 is 1.83 bits per heavy atom. The fourth-order valence-electron chi connectivity index (χ4n) is 4.23. The molecule has 1 aromatic heterocycles. The van der Waals surface area contributed by atoms with Crippen molar-refractivity contribution in [2.75, 3.05) is 27.8 Å². The summed E-state index contributed by atoms with van der Waals surface area (Å²) in [6.07, 6.45) is 0.415. The molecule has 0 saturated heterocycles. The number of likely N-dealkylation sites (N-methyl/N-ethyl adjacent to an activating group) is 1. The highest BCUT2D eigenvalue weighted by Crippen LogP contribution is 2.34. The van der Waals surface area contributed by atoms with Crippen molar-refractivity contribution in [3.05, 3.63) is 58.8 Å². The van der Waals surface area contributed by atoms with Crippen LogP contribution >= 0.6 is 0 Å². The van der Waals surface area contributed by atoms with Crippen LogP contribution in [0.2, 0.25) is 0 Å². The molecule has 0 saturated carbocycles. The fraction of sp³-hybridized carbons (Fsp3) is 0.417. The van der Waals surface area contributed by atoms with Gasteiger partial charge in [-0.1, -0.05) is 25.1 Å². The molecule has 5 nitrogen and oxygen atoms in total. The second kappa shape index (κ2) is 8.47. The molecule has 0 spiro atoms. The second-order valence-corrected chi connectivity index (χ2v) is 7.67. The summed E-state index contributed by atoms with van der Waals surface area (Å²) in [4.78, 5) is 2.34. The van der Waals surface area contributed by atoms with Gasteiger partial charge in [0.1, 0.15) is 0 Å². The maximum absolute atomic E-state index is 11.0. The van der Waals surface area contributed by atoms with Crippen LogP contribution in [-0.2, 0) is 19.5 Å². The first-order valence-corrected chi connectivity index (χ1v) is 9.71. The van der Waals surface area contributed by atoms with E-state index >= 15 is 0 Å². The van der Waals surface area contributed by atoms with E-state index in [4.69, 9.17) is 9.47 Å². The lowest BCUT2D eigenvalue weighted by Gasteiger charge is -2.25. The molecule has 1 unspecified atom stereocenters. The van der Waals surface area contributed by atoms with E-state index in [9.17, 15) is 5.11 Å². The van der Waals surface area contributed by atoms with Gasteiger partial charge in [-0.3, -0.25) is 0 Å². The molecular weight excluding hydrogens is 364 g/mol. The van der Waals surface area contributed by atoms with Crippen molar-refractivity contribution < 1.29 is 14.6 Å². The van der Waals surface area contributed by atoms with Crippen LogP contribution in [0, 0.1) is 6.92 Å². The zero-order valence-corrected chi connectivity index (χ0v) is 17.0. The summed E-state index contributed by atoms with van der Waals surface area (Å²) < 4.78 is 13.0. The van der Waals surface area contributed by atoms with Gasteiger partial charge in [0.2, 0.25) is 0 Å². The number of aliphatic hydroxyl groups is 1. The van der Waals surface area contributed by atoms with E-state index in [2.05, 4.69) is 41.6 Å². The predicted octanol–water partition coefficient (Wildman–Crippen LogP) is 4.32. The van der Waals surface area contributed by atoms with E-state index in [-0.39, 0.29) is 7.43 Å². The van der Waals surface area contributed by atoms with Crippen molar-refractivity contribution in [3.8, 4) is 11.5 Å². The van der Waals surface area contributed by atoms with Crippen LogP contribution in [0.15, 0.2) is 36.4 Å². The predicted molar refractivity (Wildman–Crippen MR) is 118 cm³/mol. The molecule has 0 fully saturated rings. The standard InChI is InChI=1S/C23H28N2O3.CH4/c1-15-5-7-19-18(11-15)17-9-10-24(2)13-20(17)25(19)14-21(26)16-6-8-22(27-3)23(12-16)28-4;/h5-8,11-12,21,26H,9-10,13-14H2,1-4H3;1H4. The Balaban J connectivity index is 0.00000240. The molecule has 0 bridgehead atoms. The van der Waals surface area contributed by atoms with Gasteiger partial charge in [-0.15, -0.1) is 0 Å². The van der Waals surface area contributed by atoms with E-state index in [1.165, 1.54) is 27.7 Å². The number of ether oxygens (including phenoxy) is 2. The minimum Gasteiger partial charge on any atom is -0.493 e. The van der Waals surface area contributed by atoms with E-state index in [0.717, 1.165) is 25.1 Å². The number of methoxy groups -OCH3 is 2. The molecule has 3 aromatic rings. The Bertz CT molecular complexity index is 1010. The molecule has 2 aromatic carbocycles. The SMILES string of the molecule is C.COc1ccc(C(O)Cn2c3c(c4cc(C)ccc42)CCN(C)C3)cc1OC. The molecule has 1 N–H and O–H groups in total. The van der Waals surface area contributed by atoms with Crippen LogP contribution in [0.3, 0.4) is 0 Å². The summed E-state index contributed by atoms with van der Waals surface area (Å²) in [6, 6.07) is 12.2. The third kappa shape index (κ3) is 3.85. The van der Waals surface area contributed by atoms with Gasteiger partial charge < -0.3 is 24.0 Å². The molecular formula is C24H32N2O3. The Labute approximate surface area is 173 Å². The van der Waals surface area contributed by atoms with Crippen molar-refractivity contribution in [2.45, 2.75) is 40.0 Å². The first-order valence-electron chi connectivity index (χ1n) is 9.71. The molecule has 1 aliphatic heterocycles. The Morgan fingerprint density at radius 1 is 1.07 bits per heavy atom. The average molecular weight is 397 g/mol. The van der Waals surface area contributed by atoms with Crippen LogP contribution in [-0.4, -0.2) is 42.4 Å². The summed E-state index contributed by atoms with van der Waals surface area (Å²) in [7, 11) is 5.38. The number of benzene rings is 2. The van der Waals surface area contributed by atoms with Gasteiger partial charge in [-0.05, 0) is 55.8 Å². The molecule has 0 radical (unpaired) electrons. The first kappa shape index (κ1) is 21.2. The van der Waals surface area contributed by atoms with E-state index in [1.807, 2.05) is 18.2 Å². The molecule has 1 atom stereocenters. The van der Waals surface area contributed by atoms with E-state index in [0.29, 0.717) is 18.0 Å². The second-order valence-electron chi connectivity index (χ2n) is 7.67. The Kier molecular flexibility index (Phi) is 6.20. The number of hydrogen-bond donors (Lipinski definition) is 1. The molecule has 5 heteroatoms. The number of fused-ring (bicyclic) bond motifs is 3. The Morgan fingerprint density at radius 3 is 2.55 bits per heavy atom. The lowest BCUT2D eigenvalue weighted by atomic mass is 10.0. The zero-order valence-electron chi connectivity index (χ0n) is 17.0. The summed E-state index contributed by atoms with van der Waals surface area (Å²) in [6.45, 7) is 4.62. The minimum atomic E-state index is -0.631.